The molecule has 2 rings (SSSR count). The summed E-state index contributed by atoms with van der Waals surface area (Å²) in [7, 11) is 0. The first-order chi connectivity index (χ1) is 8.22. The second-order valence-electron chi connectivity index (χ2n) is 4.74. The first kappa shape index (κ1) is 12.1. The van der Waals surface area contributed by atoms with Gasteiger partial charge in [-0.05, 0) is 24.9 Å². The Morgan fingerprint density at radius 1 is 1.41 bits per heavy atom. The summed E-state index contributed by atoms with van der Waals surface area (Å²) >= 11 is 0. The van der Waals surface area contributed by atoms with E-state index in [9.17, 15) is 0 Å². The Labute approximate surface area is 103 Å². The second kappa shape index (κ2) is 5.32. The molecule has 3 heteroatoms. The monoisotopic (exact) mass is 231 g/mol. The standard InChI is InChI=1S/C14H21N3/c1-2-17(12-8-9-12)10-13(14(15)16)11-6-4-3-5-7-11/h3-7,12-13H,2,8-10H2,1H3,(H3,15,16). The fourth-order valence-corrected chi connectivity index (χ4v) is 2.28. The fourth-order valence-electron chi connectivity index (χ4n) is 2.28. The van der Waals surface area contributed by atoms with Crippen molar-refractivity contribution in [2.75, 3.05) is 13.1 Å². The van der Waals surface area contributed by atoms with Crippen LogP contribution in [0.15, 0.2) is 30.3 Å². The predicted molar refractivity (Wildman–Crippen MR) is 71.4 cm³/mol. The van der Waals surface area contributed by atoms with Crippen LogP contribution in [0.2, 0.25) is 0 Å². The normalized spacial score (nSPS) is 17.1. The van der Waals surface area contributed by atoms with Crippen molar-refractivity contribution in [3.63, 3.8) is 0 Å². The Hall–Kier alpha value is -1.35. The molecule has 0 heterocycles. The van der Waals surface area contributed by atoms with Gasteiger partial charge in [-0.3, -0.25) is 10.3 Å². The van der Waals surface area contributed by atoms with Gasteiger partial charge in [-0.1, -0.05) is 37.3 Å². The highest BCUT2D eigenvalue weighted by Crippen LogP contribution is 2.29. The highest BCUT2D eigenvalue weighted by atomic mass is 15.2. The van der Waals surface area contributed by atoms with Crippen LogP contribution in [0.5, 0.6) is 0 Å². The Kier molecular flexibility index (Phi) is 3.79. The van der Waals surface area contributed by atoms with Crippen LogP contribution in [0.25, 0.3) is 0 Å². The van der Waals surface area contributed by atoms with Crippen molar-refractivity contribution in [2.45, 2.75) is 31.7 Å². The molecule has 1 aromatic carbocycles. The van der Waals surface area contributed by atoms with Gasteiger partial charge in [-0.15, -0.1) is 0 Å². The van der Waals surface area contributed by atoms with E-state index < -0.39 is 0 Å². The van der Waals surface area contributed by atoms with Crippen molar-refractivity contribution in [3.8, 4) is 0 Å². The summed E-state index contributed by atoms with van der Waals surface area (Å²) in [4.78, 5) is 2.44. The Morgan fingerprint density at radius 2 is 2.06 bits per heavy atom. The minimum Gasteiger partial charge on any atom is -0.387 e. The maximum Gasteiger partial charge on any atom is 0.0995 e. The lowest BCUT2D eigenvalue weighted by atomic mass is 9.97. The van der Waals surface area contributed by atoms with E-state index in [1.165, 1.54) is 12.8 Å². The van der Waals surface area contributed by atoms with Gasteiger partial charge in [-0.25, -0.2) is 0 Å². The molecule has 0 bridgehead atoms. The number of hydrogen-bond donors (Lipinski definition) is 2. The minimum atomic E-state index is 0.0387. The molecule has 3 N–H and O–H groups in total. The van der Waals surface area contributed by atoms with Crippen molar-refractivity contribution in [1.82, 2.24) is 4.90 Å². The number of likely N-dealkylation sites (N-methyl/N-ethyl adjacent to an activating group) is 1. The molecule has 0 radical (unpaired) electrons. The van der Waals surface area contributed by atoms with Gasteiger partial charge in [0, 0.05) is 12.6 Å². The Bertz CT molecular complexity index is 370. The lowest BCUT2D eigenvalue weighted by Crippen LogP contribution is -2.35. The summed E-state index contributed by atoms with van der Waals surface area (Å²) < 4.78 is 0. The first-order valence-corrected chi connectivity index (χ1v) is 6.35. The lowest BCUT2D eigenvalue weighted by Gasteiger charge is -2.26. The van der Waals surface area contributed by atoms with Gasteiger partial charge < -0.3 is 5.73 Å². The summed E-state index contributed by atoms with van der Waals surface area (Å²) in [6, 6.07) is 10.9. The van der Waals surface area contributed by atoms with Crippen LogP contribution in [-0.4, -0.2) is 29.9 Å². The van der Waals surface area contributed by atoms with E-state index >= 15 is 0 Å². The summed E-state index contributed by atoms with van der Waals surface area (Å²) in [5, 5.41) is 7.77. The molecule has 0 saturated heterocycles. The van der Waals surface area contributed by atoms with Gasteiger partial charge in [0.15, 0.2) is 0 Å². The van der Waals surface area contributed by atoms with Crippen LogP contribution in [0.1, 0.15) is 31.2 Å². The molecule has 17 heavy (non-hydrogen) atoms. The van der Waals surface area contributed by atoms with E-state index in [1.54, 1.807) is 0 Å². The van der Waals surface area contributed by atoms with Crippen molar-refractivity contribution in [2.24, 2.45) is 5.73 Å². The van der Waals surface area contributed by atoms with Crippen molar-refractivity contribution < 1.29 is 0 Å². The number of benzene rings is 1. The fraction of sp³-hybridized carbons (Fsp3) is 0.500. The maximum absolute atomic E-state index is 7.77. The van der Waals surface area contributed by atoms with E-state index in [0.29, 0.717) is 0 Å². The van der Waals surface area contributed by atoms with Crippen molar-refractivity contribution >= 4 is 5.84 Å². The predicted octanol–water partition coefficient (Wildman–Crippen LogP) is 2.19. The van der Waals surface area contributed by atoms with Gasteiger partial charge in [-0.2, -0.15) is 0 Å². The van der Waals surface area contributed by atoms with E-state index in [-0.39, 0.29) is 11.8 Å². The molecule has 0 amide bonds. The highest BCUT2D eigenvalue weighted by Gasteiger charge is 2.30. The SMILES string of the molecule is CCN(CC(C(=N)N)c1ccccc1)C1CC1. The van der Waals surface area contributed by atoms with Crippen LogP contribution in [0.3, 0.4) is 0 Å². The third-order valence-corrected chi connectivity index (χ3v) is 3.46. The van der Waals surface area contributed by atoms with E-state index in [4.69, 9.17) is 11.1 Å². The average Bonchev–Trinajstić information content (AvgIpc) is 3.15. The first-order valence-electron chi connectivity index (χ1n) is 6.35. The van der Waals surface area contributed by atoms with Gasteiger partial charge in [0.25, 0.3) is 0 Å². The molecule has 1 fully saturated rings. The van der Waals surface area contributed by atoms with Crippen LogP contribution in [-0.2, 0) is 0 Å². The van der Waals surface area contributed by atoms with Crippen LogP contribution in [0.4, 0.5) is 0 Å². The molecule has 92 valence electrons. The molecule has 1 unspecified atom stereocenters. The van der Waals surface area contributed by atoms with Gasteiger partial charge in [0.1, 0.15) is 0 Å². The zero-order valence-electron chi connectivity index (χ0n) is 10.4. The summed E-state index contributed by atoms with van der Waals surface area (Å²) in [6.45, 7) is 4.10. The number of nitrogens with two attached hydrogens (primary N) is 1. The van der Waals surface area contributed by atoms with Gasteiger partial charge in [0.05, 0.1) is 11.8 Å². The zero-order chi connectivity index (χ0) is 12.3. The van der Waals surface area contributed by atoms with Gasteiger partial charge >= 0.3 is 0 Å². The third-order valence-electron chi connectivity index (χ3n) is 3.46. The maximum atomic E-state index is 7.77. The van der Waals surface area contributed by atoms with E-state index in [0.717, 1.165) is 24.7 Å². The number of hydrogen-bond acceptors (Lipinski definition) is 2. The smallest absolute Gasteiger partial charge is 0.0995 e. The van der Waals surface area contributed by atoms with Gasteiger partial charge in [0.2, 0.25) is 0 Å². The zero-order valence-corrected chi connectivity index (χ0v) is 10.4. The molecule has 0 aromatic heterocycles. The summed E-state index contributed by atoms with van der Waals surface area (Å²) in [6.07, 6.45) is 2.60. The number of rotatable bonds is 6. The van der Waals surface area contributed by atoms with Crippen LogP contribution in [0, 0.1) is 5.41 Å². The lowest BCUT2D eigenvalue weighted by molar-refractivity contribution is 0.274. The largest absolute Gasteiger partial charge is 0.387 e. The Balaban J connectivity index is 2.09. The van der Waals surface area contributed by atoms with Crippen molar-refractivity contribution in [1.29, 1.82) is 5.41 Å². The van der Waals surface area contributed by atoms with Crippen LogP contribution >= 0.6 is 0 Å². The highest BCUT2D eigenvalue weighted by molar-refractivity contribution is 5.84. The molecule has 1 aliphatic rings. The molecule has 1 aromatic rings. The van der Waals surface area contributed by atoms with E-state index in [2.05, 4.69) is 24.0 Å². The third kappa shape index (κ3) is 3.07. The summed E-state index contributed by atoms with van der Waals surface area (Å²) in [5.41, 5.74) is 6.90. The Morgan fingerprint density at radius 3 is 2.53 bits per heavy atom. The molecular weight excluding hydrogens is 210 g/mol. The second-order valence-corrected chi connectivity index (χ2v) is 4.74. The number of nitrogens with zero attached hydrogens (tertiary/aromatic N) is 1. The van der Waals surface area contributed by atoms with Crippen molar-refractivity contribution in [3.05, 3.63) is 35.9 Å². The molecule has 1 saturated carbocycles. The molecule has 3 nitrogen and oxygen atoms in total. The van der Waals surface area contributed by atoms with E-state index in [1.807, 2.05) is 18.2 Å². The molecular formula is C14H21N3. The average molecular weight is 231 g/mol. The van der Waals surface area contributed by atoms with Crippen LogP contribution < -0.4 is 5.73 Å². The number of amidine groups is 1. The molecule has 0 aliphatic heterocycles. The topological polar surface area (TPSA) is 53.1 Å². The quantitative estimate of drug-likeness (QED) is 0.582. The molecule has 1 atom stereocenters. The minimum absolute atomic E-state index is 0.0387. The molecule has 0 spiro atoms. The number of nitrogens with one attached hydrogen (secondary N) is 1. The summed E-state index contributed by atoms with van der Waals surface area (Å²) in [5.74, 6) is 0.312. The molecule has 1 aliphatic carbocycles.